The first-order valence-electron chi connectivity index (χ1n) is 4.55. The molecule has 0 bridgehead atoms. The highest BCUT2D eigenvalue weighted by Crippen LogP contribution is 2.29. The maximum atomic E-state index is 8.75. The van der Waals surface area contributed by atoms with Crippen LogP contribution in [0.25, 0.3) is 0 Å². The molecule has 5 heteroatoms. The predicted molar refractivity (Wildman–Crippen MR) is 63.5 cm³/mol. The number of hydrogen-bond donors (Lipinski definition) is 0. The van der Waals surface area contributed by atoms with Crippen LogP contribution in [0.15, 0.2) is 40.6 Å². The average molecular weight is 250 g/mol. The van der Waals surface area contributed by atoms with Crippen molar-refractivity contribution in [2.75, 3.05) is 0 Å². The molecular weight excluding hydrogens is 242 g/mol. The fourth-order valence-electron chi connectivity index (χ4n) is 1.21. The number of nitriles is 1. The molecule has 0 aliphatic carbocycles. The standard InChI is InChI=1S/C11H8ClN3S/c1-15-5-4-14-11(15)16-9-3-2-8(7-13)10(12)6-9/h2-6H,1H3. The molecule has 1 heterocycles. The van der Waals surface area contributed by atoms with Crippen molar-refractivity contribution in [3.63, 3.8) is 0 Å². The summed E-state index contributed by atoms with van der Waals surface area (Å²) in [7, 11) is 1.93. The second kappa shape index (κ2) is 4.60. The van der Waals surface area contributed by atoms with Gasteiger partial charge < -0.3 is 4.57 Å². The van der Waals surface area contributed by atoms with Gasteiger partial charge in [-0.1, -0.05) is 23.4 Å². The number of imidazole rings is 1. The van der Waals surface area contributed by atoms with Crippen molar-refractivity contribution in [3.8, 4) is 6.07 Å². The lowest BCUT2D eigenvalue weighted by Gasteiger charge is -2.02. The summed E-state index contributed by atoms with van der Waals surface area (Å²) in [6.45, 7) is 0. The van der Waals surface area contributed by atoms with Gasteiger partial charge in [0, 0.05) is 24.3 Å². The Kier molecular flexibility index (Phi) is 3.18. The Balaban J connectivity index is 2.27. The zero-order chi connectivity index (χ0) is 11.5. The van der Waals surface area contributed by atoms with Crippen molar-refractivity contribution in [2.24, 2.45) is 7.05 Å². The maximum absolute atomic E-state index is 8.75. The number of benzene rings is 1. The van der Waals surface area contributed by atoms with Crippen molar-refractivity contribution in [1.82, 2.24) is 9.55 Å². The van der Waals surface area contributed by atoms with Gasteiger partial charge in [-0.3, -0.25) is 0 Å². The molecule has 3 nitrogen and oxygen atoms in total. The summed E-state index contributed by atoms with van der Waals surface area (Å²) in [5.74, 6) is 0. The largest absolute Gasteiger partial charge is 0.329 e. The number of aromatic nitrogens is 2. The third kappa shape index (κ3) is 2.21. The van der Waals surface area contributed by atoms with Crippen LogP contribution in [0, 0.1) is 11.3 Å². The molecule has 2 aromatic rings. The normalized spacial score (nSPS) is 10.1. The van der Waals surface area contributed by atoms with E-state index < -0.39 is 0 Å². The molecule has 0 fully saturated rings. The van der Waals surface area contributed by atoms with E-state index in [1.807, 2.05) is 29.9 Å². The van der Waals surface area contributed by atoms with Gasteiger partial charge in [-0.05, 0) is 18.2 Å². The molecule has 0 spiro atoms. The third-order valence-electron chi connectivity index (χ3n) is 2.05. The Morgan fingerprint density at radius 3 is 2.88 bits per heavy atom. The molecular formula is C11H8ClN3S. The topological polar surface area (TPSA) is 41.6 Å². The molecule has 0 atom stereocenters. The molecule has 0 saturated carbocycles. The summed E-state index contributed by atoms with van der Waals surface area (Å²) in [5, 5.41) is 10.1. The van der Waals surface area contributed by atoms with Crippen molar-refractivity contribution >= 4 is 23.4 Å². The zero-order valence-corrected chi connectivity index (χ0v) is 10.1. The summed E-state index contributed by atoms with van der Waals surface area (Å²) in [4.78, 5) is 5.17. The van der Waals surface area contributed by atoms with E-state index in [4.69, 9.17) is 16.9 Å². The smallest absolute Gasteiger partial charge is 0.172 e. The van der Waals surface area contributed by atoms with Crippen molar-refractivity contribution in [3.05, 3.63) is 41.2 Å². The van der Waals surface area contributed by atoms with Crippen LogP contribution in [0.5, 0.6) is 0 Å². The summed E-state index contributed by atoms with van der Waals surface area (Å²) in [6, 6.07) is 7.39. The summed E-state index contributed by atoms with van der Waals surface area (Å²) < 4.78 is 1.93. The van der Waals surface area contributed by atoms with Crippen molar-refractivity contribution < 1.29 is 0 Å². The minimum Gasteiger partial charge on any atom is -0.329 e. The van der Waals surface area contributed by atoms with Crippen LogP contribution in [-0.2, 0) is 7.05 Å². The number of aryl methyl sites for hydroxylation is 1. The minimum absolute atomic E-state index is 0.474. The molecule has 1 aromatic carbocycles. The second-order valence-corrected chi connectivity index (χ2v) is 4.62. The third-order valence-corrected chi connectivity index (χ3v) is 3.43. The van der Waals surface area contributed by atoms with Gasteiger partial charge in [0.05, 0.1) is 10.6 Å². The van der Waals surface area contributed by atoms with E-state index in [2.05, 4.69) is 4.98 Å². The van der Waals surface area contributed by atoms with Crippen LogP contribution >= 0.6 is 23.4 Å². The zero-order valence-electron chi connectivity index (χ0n) is 8.51. The van der Waals surface area contributed by atoms with Gasteiger partial charge in [-0.15, -0.1) is 0 Å². The average Bonchev–Trinajstić information content (AvgIpc) is 2.65. The number of rotatable bonds is 2. The predicted octanol–water partition coefficient (Wildman–Crippen LogP) is 3.10. The van der Waals surface area contributed by atoms with Crippen molar-refractivity contribution in [1.29, 1.82) is 5.26 Å². The molecule has 0 N–H and O–H groups in total. The Morgan fingerprint density at radius 2 is 2.31 bits per heavy atom. The highest BCUT2D eigenvalue weighted by Gasteiger charge is 2.05. The molecule has 80 valence electrons. The molecule has 16 heavy (non-hydrogen) atoms. The maximum Gasteiger partial charge on any atom is 0.172 e. The van der Waals surface area contributed by atoms with Gasteiger partial charge in [-0.25, -0.2) is 4.98 Å². The van der Waals surface area contributed by atoms with Gasteiger partial charge in [-0.2, -0.15) is 5.26 Å². The Morgan fingerprint density at radius 1 is 1.50 bits per heavy atom. The SMILES string of the molecule is Cn1ccnc1Sc1ccc(C#N)c(Cl)c1. The van der Waals surface area contributed by atoms with E-state index in [0.717, 1.165) is 10.1 Å². The van der Waals surface area contributed by atoms with Crippen LogP contribution in [0.3, 0.4) is 0 Å². The summed E-state index contributed by atoms with van der Waals surface area (Å²) in [6.07, 6.45) is 3.63. The lowest BCUT2D eigenvalue weighted by molar-refractivity contribution is 0.790. The first kappa shape index (κ1) is 11.1. The lowest BCUT2D eigenvalue weighted by Crippen LogP contribution is -1.88. The summed E-state index contributed by atoms with van der Waals surface area (Å²) in [5.41, 5.74) is 0.492. The van der Waals surface area contributed by atoms with Gasteiger partial charge >= 0.3 is 0 Å². The lowest BCUT2D eigenvalue weighted by atomic mass is 10.2. The van der Waals surface area contributed by atoms with Gasteiger partial charge in [0.15, 0.2) is 5.16 Å². The highest BCUT2D eigenvalue weighted by molar-refractivity contribution is 7.99. The first-order valence-corrected chi connectivity index (χ1v) is 5.75. The van der Waals surface area contributed by atoms with Crippen LogP contribution in [0.1, 0.15) is 5.56 Å². The van der Waals surface area contributed by atoms with E-state index in [1.165, 1.54) is 11.8 Å². The van der Waals surface area contributed by atoms with E-state index >= 15 is 0 Å². The molecule has 2 rings (SSSR count). The molecule has 0 aliphatic heterocycles. The van der Waals surface area contributed by atoms with Crippen LogP contribution in [0.2, 0.25) is 5.02 Å². The highest BCUT2D eigenvalue weighted by atomic mass is 35.5. The van der Waals surface area contributed by atoms with Crippen LogP contribution in [0.4, 0.5) is 0 Å². The Hall–Kier alpha value is -1.44. The molecule has 0 aliphatic rings. The van der Waals surface area contributed by atoms with E-state index in [1.54, 1.807) is 18.3 Å². The Bertz CT molecular complexity index is 557. The van der Waals surface area contributed by atoms with Gasteiger partial charge in [0.2, 0.25) is 0 Å². The van der Waals surface area contributed by atoms with Crippen LogP contribution in [-0.4, -0.2) is 9.55 Å². The summed E-state index contributed by atoms with van der Waals surface area (Å²) >= 11 is 7.46. The number of hydrogen-bond acceptors (Lipinski definition) is 3. The van der Waals surface area contributed by atoms with E-state index in [0.29, 0.717) is 10.6 Å². The van der Waals surface area contributed by atoms with Crippen LogP contribution < -0.4 is 0 Å². The quantitative estimate of drug-likeness (QED) is 0.821. The monoisotopic (exact) mass is 249 g/mol. The Labute approximate surface area is 103 Å². The fraction of sp³-hybridized carbons (Fsp3) is 0.0909. The fourth-order valence-corrected chi connectivity index (χ4v) is 2.34. The molecule has 1 aromatic heterocycles. The number of nitrogens with zero attached hydrogens (tertiary/aromatic N) is 3. The van der Waals surface area contributed by atoms with E-state index in [-0.39, 0.29) is 0 Å². The first-order chi connectivity index (χ1) is 7.70. The molecule has 0 unspecified atom stereocenters. The van der Waals surface area contributed by atoms with E-state index in [9.17, 15) is 0 Å². The molecule has 0 radical (unpaired) electrons. The van der Waals surface area contributed by atoms with Gasteiger partial charge in [0.25, 0.3) is 0 Å². The van der Waals surface area contributed by atoms with Gasteiger partial charge in [0.1, 0.15) is 6.07 Å². The minimum atomic E-state index is 0.474. The molecule has 0 amide bonds. The number of halogens is 1. The molecule has 0 saturated heterocycles. The second-order valence-electron chi connectivity index (χ2n) is 3.18. The van der Waals surface area contributed by atoms with Crippen molar-refractivity contribution in [2.45, 2.75) is 10.1 Å².